The minimum atomic E-state index is -1.04. The number of nitrogens with one attached hydrogen (secondary N) is 1. The third-order valence-corrected chi connectivity index (χ3v) is 7.52. The third-order valence-electron chi connectivity index (χ3n) is 7.52. The number of aromatic hydroxyl groups is 1. The molecule has 1 aromatic rings. The molecule has 218 valence electrons. The summed E-state index contributed by atoms with van der Waals surface area (Å²) >= 11 is 0. The zero-order chi connectivity index (χ0) is 27.7. The van der Waals surface area contributed by atoms with E-state index in [2.05, 4.69) is 12.2 Å². The highest BCUT2D eigenvalue weighted by Crippen LogP contribution is 2.16. The molecule has 0 bridgehead atoms. The fourth-order valence-corrected chi connectivity index (χ4v) is 5.05. The Morgan fingerprint density at radius 2 is 1.00 bits per heavy atom. The van der Waals surface area contributed by atoms with Gasteiger partial charge in [0.1, 0.15) is 11.8 Å². The van der Waals surface area contributed by atoms with Crippen molar-refractivity contribution < 1.29 is 19.8 Å². The van der Waals surface area contributed by atoms with Crippen molar-refractivity contribution in [1.29, 1.82) is 0 Å². The van der Waals surface area contributed by atoms with Gasteiger partial charge in [0.15, 0.2) is 0 Å². The second kappa shape index (κ2) is 24.0. The standard InChI is InChI=1S/C33H57NO4/c1-2-3-4-5-6-7-8-9-10-11-12-13-14-15-16-17-18-19-20-21-22-23-32(36)34-31(33(37)38)28-29-24-26-30(35)27-25-29/h24-27,31,35H,2-23,28H2,1H3,(H,34,36)(H,37,38)/t31-/m0/s1. The van der Waals surface area contributed by atoms with E-state index in [-0.39, 0.29) is 18.1 Å². The highest BCUT2D eigenvalue weighted by atomic mass is 16.4. The predicted octanol–water partition coefficient (Wildman–Crippen LogP) is 9.11. The van der Waals surface area contributed by atoms with Crippen LogP contribution in [0.3, 0.4) is 0 Å². The molecule has 0 radical (unpaired) electrons. The van der Waals surface area contributed by atoms with Crippen LogP contribution < -0.4 is 5.32 Å². The summed E-state index contributed by atoms with van der Waals surface area (Å²) in [6.07, 6.45) is 28.5. The van der Waals surface area contributed by atoms with Gasteiger partial charge in [0.2, 0.25) is 5.91 Å². The normalized spacial score (nSPS) is 11.9. The first-order valence-electron chi connectivity index (χ1n) is 15.8. The van der Waals surface area contributed by atoms with Gasteiger partial charge >= 0.3 is 5.97 Å². The molecule has 0 saturated heterocycles. The zero-order valence-electron chi connectivity index (χ0n) is 24.4. The first-order valence-corrected chi connectivity index (χ1v) is 15.8. The lowest BCUT2D eigenvalue weighted by Gasteiger charge is -2.14. The topological polar surface area (TPSA) is 86.6 Å². The number of hydrogen-bond donors (Lipinski definition) is 3. The van der Waals surface area contributed by atoms with Crippen molar-refractivity contribution in [2.24, 2.45) is 0 Å². The lowest BCUT2D eigenvalue weighted by atomic mass is 10.0. The second-order valence-electron chi connectivity index (χ2n) is 11.1. The fraction of sp³-hybridized carbons (Fsp3) is 0.758. The smallest absolute Gasteiger partial charge is 0.326 e. The van der Waals surface area contributed by atoms with Gasteiger partial charge in [-0.2, -0.15) is 0 Å². The molecule has 1 aromatic carbocycles. The number of carboxylic acids is 1. The molecule has 1 amide bonds. The number of hydrogen-bond acceptors (Lipinski definition) is 3. The fourth-order valence-electron chi connectivity index (χ4n) is 5.05. The van der Waals surface area contributed by atoms with E-state index in [1.807, 2.05) is 0 Å². The summed E-state index contributed by atoms with van der Waals surface area (Å²) in [5.74, 6) is -1.10. The van der Waals surface area contributed by atoms with Crippen LogP contribution in [-0.4, -0.2) is 28.1 Å². The Morgan fingerprint density at radius 1 is 0.632 bits per heavy atom. The van der Waals surface area contributed by atoms with E-state index in [4.69, 9.17) is 0 Å². The predicted molar refractivity (Wildman–Crippen MR) is 159 cm³/mol. The number of phenols is 1. The van der Waals surface area contributed by atoms with Crippen molar-refractivity contribution in [1.82, 2.24) is 5.32 Å². The summed E-state index contributed by atoms with van der Waals surface area (Å²) < 4.78 is 0. The van der Waals surface area contributed by atoms with Crippen molar-refractivity contribution in [3.8, 4) is 5.75 Å². The Hall–Kier alpha value is -2.04. The highest BCUT2D eigenvalue weighted by molar-refractivity contribution is 5.83. The number of carbonyl (C=O) groups excluding carboxylic acids is 1. The third kappa shape index (κ3) is 20.0. The van der Waals surface area contributed by atoms with Crippen molar-refractivity contribution in [3.63, 3.8) is 0 Å². The molecule has 0 unspecified atom stereocenters. The molecule has 38 heavy (non-hydrogen) atoms. The van der Waals surface area contributed by atoms with Gasteiger partial charge in [-0.15, -0.1) is 0 Å². The molecule has 0 heterocycles. The Balaban J connectivity index is 1.86. The summed E-state index contributed by atoms with van der Waals surface area (Å²) in [6, 6.07) is 5.46. The largest absolute Gasteiger partial charge is 0.508 e. The first kappa shape index (κ1) is 34.0. The molecule has 1 atom stereocenters. The number of benzene rings is 1. The molecule has 0 saturated carbocycles. The van der Waals surface area contributed by atoms with Crippen LogP contribution in [0.5, 0.6) is 5.75 Å². The highest BCUT2D eigenvalue weighted by Gasteiger charge is 2.20. The number of carboxylic acid groups (broad SMARTS) is 1. The minimum absolute atomic E-state index is 0.138. The van der Waals surface area contributed by atoms with Crippen molar-refractivity contribution >= 4 is 11.9 Å². The van der Waals surface area contributed by atoms with E-state index in [0.29, 0.717) is 6.42 Å². The van der Waals surface area contributed by atoms with Gasteiger partial charge in [-0.3, -0.25) is 4.79 Å². The number of carbonyl (C=O) groups is 2. The molecule has 1 rings (SSSR count). The summed E-state index contributed by atoms with van der Waals surface area (Å²) in [5, 5.41) is 21.4. The van der Waals surface area contributed by atoms with Gasteiger partial charge in [-0.1, -0.05) is 147 Å². The molecule has 5 nitrogen and oxygen atoms in total. The molecule has 0 aliphatic carbocycles. The average Bonchev–Trinajstić information content (AvgIpc) is 2.90. The van der Waals surface area contributed by atoms with E-state index in [0.717, 1.165) is 24.8 Å². The second-order valence-corrected chi connectivity index (χ2v) is 11.1. The van der Waals surface area contributed by atoms with E-state index >= 15 is 0 Å². The molecule has 0 aromatic heterocycles. The number of amides is 1. The Morgan fingerprint density at radius 3 is 1.37 bits per heavy atom. The number of phenolic OH excluding ortho intramolecular Hbond substituents is 1. The van der Waals surface area contributed by atoms with Gasteiger partial charge in [0.25, 0.3) is 0 Å². The first-order chi connectivity index (χ1) is 18.5. The molecular weight excluding hydrogens is 474 g/mol. The molecule has 0 spiro atoms. The van der Waals surface area contributed by atoms with Gasteiger partial charge in [0, 0.05) is 12.8 Å². The van der Waals surface area contributed by atoms with Crippen LogP contribution in [-0.2, 0) is 16.0 Å². The molecular formula is C33H57NO4. The minimum Gasteiger partial charge on any atom is -0.508 e. The van der Waals surface area contributed by atoms with Crippen LogP contribution in [0.1, 0.15) is 154 Å². The zero-order valence-corrected chi connectivity index (χ0v) is 24.4. The van der Waals surface area contributed by atoms with Crippen LogP contribution >= 0.6 is 0 Å². The molecule has 0 aliphatic heterocycles. The maximum atomic E-state index is 12.2. The summed E-state index contributed by atoms with van der Waals surface area (Å²) in [4.78, 5) is 23.7. The van der Waals surface area contributed by atoms with Gasteiger partial charge in [0.05, 0.1) is 0 Å². The average molecular weight is 532 g/mol. The SMILES string of the molecule is CCCCCCCCCCCCCCCCCCCCCCCC(=O)N[C@@H](Cc1ccc(O)cc1)C(=O)O. The van der Waals surface area contributed by atoms with E-state index in [1.165, 1.54) is 128 Å². The number of rotatable bonds is 26. The molecule has 3 N–H and O–H groups in total. The summed E-state index contributed by atoms with van der Waals surface area (Å²) in [6.45, 7) is 2.28. The van der Waals surface area contributed by atoms with Crippen LogP contribution in [0, 0.1) is 0 Å². The van der Waals surface area contributed by atoms with E-state index in [1.54, 1.807) is 12.1 Å². The van der Waals surface area contributed by atoms with Crippen molar-refractivity contribution in [3.05, 3.63) is 29.8 Å². The lowest BCUT2D eigenvalue weighted by Crippen LogP contribution is -2.42. The maximum absolute atomic E-state index is 12.2. The van der Waals surface area contributed by atoms with Crippen molar-refractivity contribution in [2.75, 3.05) is 0 Å². The van der Waals surface area contributed by atoms with Crippen LogP contribution in [0.15, 0.2) is 24.3 Å². The van der Waals surface area contributed by atoms with Gasteiger partial charge in [-0.25, -0.2) is 4.79 Å². The number of aliphatic carboxylic acids is 1. The van der Waals surface area contributed by atoms with E-state index in [9.17, 15) is 19.8 Å². The Kier molecular flexibility index (Phi) is 21.5. The summed E-state index contributed by atoms with van der Waals surface area (Å²) in [5.41, 5.74) is 0.768. The van der Waals surface area contributed by atoms with E-state index < -0.39 is 12.0 Å². The lowest BCUT2D eigenvalue weighted by molar-refractivity contribution is -0.141. The summed E-state index contributed by atoms with van der Waals surface area (Å²) in [7, 11) is 0. The van der Waals surface area contributed by atoms with Crippen LogP contribution in [0.2, 0.25) is 0 Å². The van der Waals surface area contributed by atoms with Crippen LogP contribution in [0.4, 0.5) is 0 Å². The van der Waals surface area contributed by atoms with Crippen LogP contribution in [0.25, 0.3) is 0 Å². The molecule has 5 heteroatoms. The van der Waals surface area contributed by atoms with Crippen molar-refractivity contribution in [2.45, 2.75) is 161 Å². The van der Waals surface area contributed by atoms with Gasteiger partial charge < -0.3 is 15.5 Å². The number of unbranched alkanes of at least 4 members (excludes halogenated alkanes) is 20. The molecule has 0 aliphatic rings. The quantitative estimate of drug-likeness (QED) is 0.104. The maximum Gasteiger partial charge on any atom is 0.326 e. The van der Waals surface area contributed by atoms with Gasteiger partial charge in [-0.05, 0) is 24.1 Å². The Bertz CT molecular complexity index is 703. The molecule has 0 fully saturated rings. The monoisotopic (exact) mass is 531 g/mol. The Labute approximate surface area is 233 Å².